The van der Waals surface area contributed by atoms with E-state index in [1.807, 2.05) is 106 Å². The van der Waals surface area contributed by atoms with Crippen LogP contribution in [-0.4, -0.2) is 81.6 Å². The number of amides is 4. The summed E-state index contributed by atoms with van der Waals surface area (Å²) >= 11 is 0. The van der Waals surface area contributed by atoms with Crippen molar-refractivity contribution in [2.24, 2.45) is 10.8 Å². The summed E-state index contributed by atoms with van der Waals surface area (Å²) in [4.78, 5) is 60.6. The van der Waals surface area contributed by atoms with E-state index in [0.717, 1.165) is 33.6 Å². The number of hydrogen-bond acceptors (Lipinski definition) is 8. The van der Waals surface area contributed by atoms with Crippen molar-refractivity contribution in [3.63, 3.8) is 0 Å². The SMILES string of the molecule is COC(=O)N[C@H](C(=O)N[C@H](Cc1ccc(-c2ccccn2)cc1)C[C@@H](O)[C@@H](Cc1ccc(-c2ccccn2)cc1)NC(=O)[C@@H](NC(=O)O)C(C)(C)C)C(C)(C)C. The Balaban J connectivity index is 1.67. The van der Waals surface area contributed by atoms with Crippen LogP contribution in [0.4, 0.5) is 9.59 Å². The second-order valence-electron chi connectivity index (χ2n) is 16.0. The fraction of sp³-hybridized carbons (Fsp3) is 0.395. The third-order valence-electron chi connectivity index (χ3n) is 9.40. The van der Waals surface area contributed by atoms with Crippen LogP contribution in [0.25, 0.3) is 22.5 Å². The molecular weight excluding hydrogens is 713 g/mol. The highest BCUT2D eigenvalue weighted by Gasteiger charge is 2.37. The van der Waals surface area contributed by atoms with Gasteiger partial charge in [0.15, 0.2) is 0 Å². The van der Waals surface area contributed by atoms with Gasteiger partial charge in [-0.05, 0) is 65.5 Å². The van der Waals surface area contributed by atoms with E-state index in [4.69, 9.17) is 4.74 Å². The molecule has 298 valence electrons. The van der Waals surface area contributed by atoms with Gasteiger partial charge in [-0.2, -0.15) is 0 Å². The summed E-state index contributed by atoms with van der Waals surface area (Å²) in [5, 5.41) is 32.6. The number of nitrogens with one attached hydrogen (secondary N) is 4. The lowest BCUT2D eigenvalue weighted by molar-refractivity contribution is -0.128. The molecular formula is C43H54N6O7. The molecule has 0 spiro atoms. The predicted molar refractivity (Wildman–Crippen MR) is 214 cm³/mol. The Morgan fingerprint density at radius 3 is 1.54 bits per heavy atom. The molecule has 0 aliphatic rings. The molecule has 0 saturated heterocycles. The van der Waals surface area contributed by atoms with Gasteiger partial charge in [0.2, 0.25) is 11.8 Å². The van der Waals surface area contributed by atoms with E-state index in [2.05, 4.69) is 31.2 Å². The fourth-order valence-electron chi connectivity index (χ4n) is 6.36. The standard InChI is InChI=1S/C43H54N6O7/c1-42(2,3)36(48-40(53)54)39(52)47-34(25-28-16-20-30(21-17-28)33-13-9-11-23-45-33)35(50)26-31(46-38(51)37(43(4,5)6)49-41(55)56-7)24-27-14-18-29(19-15-27)32-12-8-10-22-44-32/h8-23,31,34-37,48,50H,24-26H2,1-7H3,(H,46,51)(H,47,52)(H,49,55)(H,53,54)/t31-,34-,35-,36-,37-/m1/s1. The molecule has 56 heavy (non-hydrogen) atoms. The van der Waals surface area contributed by atoms with Crippen LogP contribution < -0.4 is 21.3 Å². The normalized spacial score (nSPS) is 14.3. The number of carboxylic acid groups (broad SMARTS) is 1. The van der Waals surface area contributed by atoms with Crippen LogP contribution in [0.3, 0.4) is 0 Å². The molecule has 13 nitrogen and oxygen atoms in total. The zero-order valence-corrected chi connectivity index (χ0v) is 33.1. The van der Waals surface area contributed by atoms with Gasteiger partial charge in [0.25, 0.3) is 0 Å². The Morgan fingerprint density at radius 1 is 0.643 bits per heavy atom. The highest BCUT2D eigenvalue weighted by molar-refractivity contribution is 5.87. The molecule has 4 amide bonds. The van der Waals surface area contributed by atoms with Crippen molar-refractivity contribution in [3.05, 3.63) is 108 Å². The number of benzene rings is 2. The number of ether oxygens (including phenoxy) is 1. The molecule has 0 fully saturated rings. The molecule has 2 heterocycles. The molecule has 0 aliphatic carbocycles. The minimum Gasteiger partial charge on any atom is -0.465 e. The minimum absolute atomic E-state index is 0.00761. The Bertz CT molecular complexity index is 1890. The Hall–Kier alpha value is -5.82. The van der Waals surface area contributed by atoms with Gasteiger partial charge >= 0.3 is 12.2 Å². The zero-order valence-electron chi connectivity index (χ0n) is 33.1. The number of carbonyl (C=O) groups is 4. The summed E-state index contributed by atoms with van der Waals surface area (Å²) in [5.41, 5.74) is 3.55. The maximum absolute atomic E-state index is 13.9. The first-order valence-electron chi connectivity index (χ1n) is 18.6. The number of aliphatic hydroxyl groups is 1. The van der Waals surface area contributed by atoms with E-state index in [1.54, 1.807) is 33.2 Å². The van der Waals surface area contributed by atoms with Crippen LogP contribution in [0.1, 0.15) is 59.1 Å². The Morgan fingerprint density at radius 2 is 1.11 bits per heavy atom. The molecule has 0 unspecified atom stereocenters. The van der Waals surface area contributed by atoms with Crippen LogP contribution in [0.2, 0.25) is 0 Å². The first-order chi connectivity index (χ1) is 26.4. The minimum atomic E-state index is -1.35. The number of alkyl carbamates (subject to hydrolysis) is 1. The summed E-state index contributed by atoms with van der Waals surface area (Å²) in [6.45, 7) is 10.7. The first kappa shape index (κ1) is 42.9. The quantitative estimate of drug-likeness (QED) is 0.0872. The third-order valence-corrected chi connectivity index (χ3v) is 9.40. The number of hydrogen-bond donors (Lipinski definition) is 6. The highest BCUT2D eigenvalue weighted by atomic mass is 16.5. The molecule has 5 atom stereocenters. The lowest BCUT2D eigenvalue weighted by Gasteiger charge is -2.34. The molecule has 2 aromatic heterocycles. The predicted octanol–water partition coefficient (Wildman–Crippen LogP) is 5.77. The van der Waals surface area contributed by atoms with Gasteiger partial charge in [0.05, 0.1) is 30.6 Å². The fourth-order valence-corrected chi connectivity index (χ4v) is 6.36. The third kappa shape index (κ3) is 12.6. The maximum Gasteiger partial charge on any atom is 0.407 e. The number of rotatable bonds is 15. The average molecular weight is 767 g/mol. The summed E-state index contributed by atoms with van der Waals surface area (Å²) in [6, 6.07) is 22.9. The van der Waals surface area contributed by atoms with Crippen molar-refractivity contribution in [3.8, 4) is 22.5 Å². The number of nitrogens with zero attached hydrogens (tertiary/aromatic N) is 2. The monoisotopic (exact) mass is 766 g/mol. The molecule has 2 aromatic carbocycles. The van der Waals surface area contributed by atoms with Crippen LogP contribution >= 0.6 is 0 Å². The largest absolute Gasteiger partial charge is 0.465 e. The number of aliphatic hydroxyl groups excluding tert-OH is 1. The lowest BCUT2D eigenvalue weighted by atomic mass is 9.85. The molecule has 4 aromatic rings. The molecule has 0 bridgehead atoms. The highest BCUT2D eigenvalue weighted by Crippen LogP contribution is 2.24. The van der Waals surface area contributed by atoms with Crippen molar-refractivity contribution < 1.29 is 34.1 Å². The Kier molecular flexibility index (Phi) is 14.7. The van der Waals surface area contributed by atoms with Gasteiger partial charge in [0, 0.05) is 29.6 Å². The Labute approximate surface area is 328 Å². The van der Waals surface area contributed by atoms with Crippen LogP contribution in [0.15, 0.2) is 97.3 Å². The lowest BCUT2D eigenvalue weighted by Crippen LogP contribution is -2.58. The summed E-state index contributed by atoms with van der Waals surface area (Å²) in [6.07, 6.45) is 0.566. The van der Waals surface area contributed by atoms with Crippen LogP contribution in [0.5, 0.6) is 0 Å². The van der Waals surface area contributed by atoms with E-state index < -0.39 is 65.1 Å². The van der Waals surface area contributed by atoms with Crippen molar-refractivity contribution in [2.45, 2.75) is 91.1 Å². The van der Waals surface area contributed by atoms with Gasteiger partial charge in [0.1, 0.15) is 12.1 Å². The van der Waals surface area contributed by atoms with E-state index in [9.17, 15) is 29.4 Å². The summed E-state index contributed by atoms with van der Waals surface area (Å²) < 4.78 is 4.80. The van der Waals surface area contributed by atoms with E-state index in [0.29, 0.717) is 6.42 Å². The molecule has 0 aliphatic heterocycles. The van der Waals surface area contributed by atoms with E-state index in [1.165, 1.54) is 7.11 Å². The average Bonchev–Trinajstić information content (AvgIpc) is 3.15. The first-order valence-corrected chi connectivity index (χ1v) is 18.6. The number of aromatic nitrogens is 2. The van der Waals surface area contributed by atoms with Gasteiger partial charge in [-0.3, -0.25) is 19.6 Å². The van der Waals surface area contributed by atoms with Gasteiger partial charge < -0.3 is 36.2 Å². The molecule has 13 heteroatoms. The molecule has 6 N–H and O–H groups in total. The van der Waals surface area contributed by atoms with Crippen molar-refractivity contribution in [2.75, 3.05) is 7.11 Å². The molecule has 0 radical (unpaired) electrons. The summed E-state index contributed by atoms with van der Waals surface area (Å²) in [5.74, 6) is -1.08. The molecule has 0 saturated carbocycles. The van der Waals surface area contributed by atoms with Gasteiger partial charge in [-0.25, -0.2) is 9.59 Å². The molecule has 4 rings (SSSR count). The number of pyridine rings is 2. The number of methoxy groups -OCH3 is 1. The van der Waals surface area contributed by atoms with Crippen molar-refractivity contribution >= 4 is 24.0 Å². The van der Waals surface area contributed by atoms with Crippen molar-refractivity contribution in [1.29, 1.82) is 0 Å². The van der Waals surface area contributed by atoms with Crippen LogP contribution in [-0.2, 0) is 27.2 Å². The topological polar surface area (TPSA) is 192 Å². The second kappa shape index (κ2) is 19.2. The van der Waals surface area contributed by atoms with Gasteiger partial charge in [-0.1, -0.05) is 102 Å². The zero-order chi connectivity index (χ0) is 41.0. The van der Waals surface area contributed by atoms with E-state index in [-0.39, 0.29) is 12.8 Å². The van der Waals surface area contributed by atoms with Crippen molar-refractivity contribution in [1.82, 2.24) is 31.2 Å². The van der Waals surface area contributed by atoms with Gasteiger partial charge in [-0.15, -0.1) is 0 Å². The smallest absolute Gasteiger partial charge is 0.407 e. The van der Waals surface area contributed by atoms with E-state index >= 15 is 0 Å². The number of carbonyl (C=O) groups excluding carboxylic acids is 3. The maximum atomic E-state index is 13.9. The van der Waals surface area contributed by atoms with Crippen LogP contribution in [0, 0.1) is 10.8 Å². The summed E-state index contributed by atoms with van der Waals surface area (Å²) in [7, 11) is 1.22. The second-order valence-corrected chi connectivity index (χ2v) is 16.0.